The van der Waals surface area contributed by atoms with Crippen molar-refractivity contribution >= 4 is 38.9 Å². The predicted octanol–water partition coefficient (Wildman–Crippen LogP) is 3.49. The number of anilines is 1. The van der Waals surface area contributed by atoms with Crippen LogP contribution in [0, 0.1) is 10.1 Å². The number of sulfonamides is 1. The fraction of sp³-hybridized carbons (Fsp3) is 0.0952. The first kappa shape index (κ1) is 24.0. The maximum absolute atomic E-state index is 12.9. The molecule has 3 N–H and O–H groups in total. The average molecular weight is 491 g/mol. The third kappa shape index (κ3) is 5.98. The Morgan fingerprint density at radius 3 is 2.45 bits per heavy atom. The summed E-state index contributed by atoms with van der Waals surface area (Å²) >= 11 is 5.84. The van der Waals surface area contributed by atoms with E-state index in [0.29, 0.717) is 10.6 Å². The van der Waals surface area contributed by atoms with Gasteiger partial charge in [0.25, 0.3) is 11.6 Å². The van der Waals surface area contributed by atoms with Gasteiger partial charge in [0.05, 0.1) is 12.0 Å². The number of benzene rings is 3. The van der Waals surface area contributed by atoms with Crippen molar-refractivity contribution in [3.05, 3.63) is 93.0 Å². The number of carbonyl (C=O) groups is 1. The van der Waals surface area contributed by atoms with Crippen molar-refractivity contribution < 1.29 is 22.9 Å². The summed E-state index contributed by atoms with van der Waals surface area (Å²) in [5.74, 6) is -0.660. The number of ether oxygens (including phenoxy) is 1. The topological polar surface area (TPSA) is 140 Å². The van der Waals surface area contributed by atoms with Crippen molar-refractivity contribution in [1.29, 1.82) is 0 Å². The number of carbonyl (C=O) groups excluding carboxylic acids is 1. The number of nitrogens with one attached hydrogen (secondary N) is 3. The molecule has 0 saturated carbocycles. The minimum atomic E-state index is -4.05. The molecule has 1 amide bonds. The number of hydrogen-bond acceptors (Lipinski definition) is 7. The van der Waals surface area contributed by atoms with Gasteiger partial charge in [-0.15, -0.1) is 0 Å². The van der Waals surface area contributed by atoms with Crippen LogP contribution in [0.15, 0.2) is 71.6 Å². The van der Waals surface area contributed by atoms with Gasteiger partial charge in [-0.05, 0) is 42.0 Å². The lowest BCUT2D eigenvalue weighted by atomic mass is 10.2. The molecule has 0 bridgehead atoms. The Labute approximate surface area is 194 Å². The van der Waals surface area contributed by atoms with Crippen LogP contribution in [0.5, 0.6) is 5.75 Å². The molecule has 3 aromatic carbocycles. The maximum atomic E-state index is 12.9. The molecule has 0 aliphatic carbocycles. The highest BCUT2D eigenvalue weighted by Gasteiger charge is 2.22. The van der Waals surface area contributed by atoms with Crippen LogP contribution in [0.2, 0.25) is 5.02 Å². The second kappa shape index (κ2) is 10.3. The Balaban J connectivity index is 1.79. The number of halogens is 1. The highest BCUT2D eigenvalue weighted by molar-refractivity contribution is 7.89. The van der Waals surface area contributed by atoms with Crippen LogP contribution >= 0.6 is 11.6 Å². The van der Waals surface area contributed by atoms with Gasteiger partial charge < -0.3 is 4.74 Å². The Kier molecular flexibility index (Phi) is 7.48. The van der Waals surface area contributed by atoms with Crippen LogP contribution in [-0.2, 0) is 16.6 Å². The summed E-state index contributed by atoms with van der Waals surface area (Å²) in [7, 11) is -2.74. The van der Waals surface area contributed by atoms with Crippen LogP contribution in [0.1, 0.15) is 15.9 Å². The predicted molar refractivity (Wildman–Crippen MR) is 123 cm³/mol. The van der Waals surface area contributed by atoms with Crippen molar-refractivity contribution in [2.24, 2.45) is 0 Å². The fourth-order valence-electron chi connectivity index (χ4n) is 2.82. The first-order valence-electron chi connectivity index (χ1n) is 9.43. The van der Waals surface area contributed by atoms with E-state index in [2.05, 4.69) is 15.6 Å². The average Bonchev–Trinajstić information content (AvgIpc) is 2.82. The largest absolute Gasteiger partial charge is 0.495 e. The standard InChI is InChI=1S/C21H19ClN4O6S/c1-32-19-11-8-15(21(27)25-24-17-4-2-3-5-18(17)26(28)29)12-20(19)33(30,31)23-13-14-6-9-16(22)10-7-14/h2-12,23-24H,13H2,1H3,(H,25,27). The SMILES string of the molecule is COc1ccc(C(=O)NNc2ccccc2[N+](=O)[O-])cc1S(=O)(=O)NCc1ccc(Cl)cc1. The zero-order valence-corrected chi connectivity index (χ0v) is 18.8. The number of methoxy groups -OCH3 is 1. The normalized spacial score (nSPS) is 11.0. The molecular weight excluding hydrogens is 472 g/mol. The summed E-state index contributed by atoms with van der Waals surface area (Å²) < 4.78 is 33.4. The number of nitro groups is 1. The maximum Gasteiger partial charge on any atom is 0.294 e. The Morgan fingerprint density at radius 2 is 1.79 bits per heavy atom. The van der Waals surface area contributed by atoms with Gasteiger partial charge in [0.1, 0.15) is 16.3 Å². The third-order valence-electron chi connectivity index (χ3n) is 4.51. The van der Waals surface area contributed by atoms with Crippen molar-refractivity contribution in [3.63, 3.8) is 0 Å². The van der Waals surface area contributed by atoms with E-state index in [1.807, 2.05) is 0 Å². The highest BCUT2D eigenvalue weighted by Crippen LogP contribution is 2.26. The van der Waals surface area contributed by atoms with Gasteiger partial charge >= 0.3 is 0 Å². The van der Waals surface area contributed by atoms with Crippen molar-refractivity contribution in [1.82, 2.24) is 10.1 Å². The van der Waals surface area contributed by atoms with E-state index in [0.717, 1.165) is 6.07 Å². The van der Waals surface area contributed by atoms with E-state index in [-0.39, 0.29) is 34.1 Å². The van der Waals surface area contributed by atoms with Crippen LogP contribution in [0.4, 0.5) is 11.4 Å². The van der Waals surface area contributed by atoms with E-state index in [1.54, 1.807) is 30.3 Å². The van der Waals surface area contributed by atoms with E-state index in [4.69, 9.17) is 16.3 Å². The van der Waals surface area contributed by atoms with Crippen molar-refractivity contribution in [3.8, 4) is 5.75 Å². The second-order valence-electron chi connectivity index (χ2n) is 6.67. The van der Waals surface area contributed by atoms with E-state index >= 15 is 0 Å². The zero-order valence-electron chi connectivity index (χ0n) is 17.2. The molecule has 3 rings (SSSR count). The number of hydrazine groups is 1. The molecule has 0 saturated heterocycles. The molecule has 33 heavy (non-hydrogen) atoms. The van der Waals surface area contributed by atoms with Gasteiger partial charge in [-0.1, -0.05) is 35.9 Å². The molecule has 0 heterocycles. The minimum absolute atomic E-state index is 0.00168. The van der Waals surface area contributed by atoms with Gasteiger partial charge in [-0.3, -0.25) is 25.8 Å². The lowest BCUT2D eigenvalue weighted by Gasteiger charge is -2.13. The van der Waals surface area contributed by atoms with Crippen LogP contribution in [0.3, 0.4) is 0 Å². The third-order valence-corrected chi connectivity index (χ3v) is 6.18. The highest BCUT2D eigenvalue weighted by atomic mass is 35.5. The number of rotatable bonds is 9. The quantitative estimate of drug-likeness (QED) is 0.308. The van der Waals surface area contributed by atoms with Gasteiger partial charge in [-0.25, -0.2) is 13.1 Å². The molecule has 0 fully saturated rings. The molecule has 0 aromatic heterocycles. The van der Waals surface area contributed by atoms with Gasteiger partial charge in [0, 0.05) is 23.2 Å². The number of amides is 1. The van der Waals surface area contributed by atoms with Gasteiger partial charge in [0.15, 0.2) is 0 Å². The monoisotopic (exact) mass is 490 g/mol. The summed E-state index contributed by atoms with van der Waals surface area (Å²) in [6, 6.07) is 16.3. The van der Waals surface area contributed by atoms with E-state index in [1.165, 1.54) is 37.4 Å². The van der Waals surface area contributed by atoms with Crippen LogP contribution in [0.25, 0.3) is 0 Å². The van der Waals surface area contributed by atoms with Crippen molar-refractivity contribution in [2.45, 2.75) is 11.4 Å². The number of para-hydroxylation sites is 2. The molecule has 0 radical (unpaired) electrons. The molecular formula is C21H19ClN4O6S. The van der Waals surface area contributed by atoms with Crippen LogP contribution in [-0.4, -0.2) is 26.4 Å². The van der Waals surface area contributed by atoms with Gasteiger partial charge in [0.2, 0.25) is 10.0 Å². The van der Waals surface area contributed by atoms with Crippen LogP contribution < -0.4 is 20.3 Å². The Hall–Kier alpha value is -3.67. The summed E-state index contributed by atoms with van der Waals surface area (Å²) in [6.07, 6.45) is 0. The first-order valence-corrected chi connectivity index (χ1v) is 11.3. The van der Waals surface area contributed by atoms with E-state index < -0.39 is 20.9 Å². The second-order valence-corrected chi connectivity index (χ2v) is 8.84. The number of hydrogen-bond donors (Lipinski definition) is 3. The molecule has 10 nitrogen and oxygen atoms in total. The molecule has 0 atom stereocenters. The smallest absolute Gasteiger partial charge is 0.294 e. The summed E-state index contributed by atoms with van der Waals surface area (Å²) in [5, 5.41) is 11.6. The lowest BCUT2D eigenvalue weighted by molar-refractivity contribution is -0.384. The van der Waals surface area contributed by atoms with Crippen molar-refractivity contribution in [2.75, 3.05) is 12.5 Å². The summed E-state index contributed by atoms with van der Waals surface area (Å²) in [5.41, 5.74) is 5.33. The number of nitro benzene ring substituents is 1. The fourth-order valence-corrected chi connectivity index (χ4v) is 4.16. The first-order chi connectivity index (χ1) is 15.7. The molecule has 172 valence electrons. The molecule has 0 unspecified atom stereocenters. The molecule has 3 aromatic rings. The summed E-state index contributed by atoms with van der Waals surface area (Å²) in [4.78, 5) is 22.8. The molecule has 12 heteroatoms. The Morgan fingerprint density at radius 1 is 1.09 bits per heavy atom. The zero-order chi connectivity index (χ0) is 24.0. The molecule has 0 spiro atoms. The Bertz CT molecular complexity index is 1280. The molecule has 0 aliphatic rings. The number of nitrogens with zero attached hydrogens (tertiary/aromatic N) is 1. The van der Waals surface area contributed by atoms with Gasteiger partial charge in [-0.2, -0.15) is 0 Å². The van der Waals surface area contributed by atoms with E-state index in [9.17, 15) is 23.3 Å². The lowest BCUT2D eigenvalue weighted by Crippen LogP contribution is -2.30. The summed E-state index contributed by atoms with van der Waals surface area (Å²) in [6.45, 7) is -0.00168. The molecule has 0 aliphatic heterocycles. The minimum Gasteiger partial charge on any atom is -0.495 e.